The lowest BCUT2D eigenvalue weighted by Crippen LogP contribution is -2.09. The van der Waals surface area contributed by atoms with Gasteiger partial charge in [0.2, 0.25) is 5.88 Å². The molecule has 0 atom stereocenters. The summed E-state index contributed by atoms with van der Waals surface area (Å²) in [4.78, 5) is 11.6. The van der Waals surface area contributed by atoms with Gasteiger partial charge in [0.25, 0.3) is 0 Å². The topological polar surface area (TPSA) is 83.7 Å². The summed E-state index contributed by atoms with van der Waals surface area (Å²) in [5, 5.41) is 0.0182. The third-order valence-electron chi connectivity index (χ3n) is 2.86. The number of ether oxygens (including phenoxy) is 3. The lowest BCUT2D eigenvalue weighted by molar-refractivity contribution is 0.0596. The Bertz CT molecular complexity index is 751. The van der Waals surface area contributed by atoms with Gasteiger partial charge in [-0.1, -0.05) is 0 Å². The molecule has 0 amide bonds. The van der Waals surface area contributed by atoms with Crippen molar-refractivity contribution < 1.29 is 32.2 Å². The number of aromatic nitrogens is 1. The Morgan fingerprint density at radius 1 is 1.30 bits per heavy atom. The summed E-state index contributed by atoms with van der Waals surface area (Å²) < 4.78 is 59.1. The Hall–Kier alpha value is -2.49. The second-order valence-electron chi connectivity index (χ2n) is 4.17. The monoisotopic (exact) mass is 348 g/mol. The molecule has 1 aromatic carbocycles. The lowest BCUT2D eigenvalue weighted by Gasteiger charge is -2.10. The van der Waals surface area contributed by atoms with E-state index in [1.165, 1.54) is 0 Å². The third kappa shape index (κ3) is 3.16. The molecule has 1 heterocycles. The Kier molecular flexibility index (Phi) is 4.94. The number of benzene rings is 1. The Morgan fingerprint density at radius 3 is 2.61 bits per heavy atom. The predicted molar refractivity (Wildman–Crippen MR) is 75.1 cm³/mol. The van der Waals surface area contributed by atoms with Gasteiger partial charge in [0.15, 0.2) is 28.8 Å². The van der Waals surface area contributed by atoms with E-state index >= 15 is 0 Å². The average Bonchev–Trinajstić information content (AvgIpc) is 2.91. The molecule has 6 nitrogen and oxygen atoms in total. The molecule has 23 heavy (non-hydrogen) atoms. The summed E-state index contributed by atoms with van der Waals surface area (Å²) in [7, 11) is 2.23. The van der Waals surface area contributed by atoms with E-state index < -0.39 is 41.3 Å². The summed E-state index contributed by atoms with van der Waals surface area (Å²) in [6.07, 6.45) is 0. The first-order valence-electron chi connectivity index (χ1n) is 6.07. The number of carbonyl (C=O) groups excluding carboxylic acids is 1. The number of nitrogens with two attached hydrogens (primary N) is 1. The molecule has 2 aromatic rings. The van der Waals surface area contributed by atoms with Crippen LogP contribution in [0.15, 0.2) is 6.07 Å². The normalized spacial score (nSPS) is 10.5. The number of nitrogen functional groups attached to an aromatic ring is 1. The number of hydrogen-bond acceptors (Lipinski definition) is 7. The summed E-state index contributed by atoms with van der Waals surface area (Å²) in [6, 6.07) is 0.578. The van der Waals surface area contributed by atoms with Gasteiger partial charge < -0.3 is 19.9 Å². The van der Waals surface area contributed by atoms with Crippen LogP contribution in [0.5, 0.6) is 11.6 Å². The molecule has 0 saturated carbocycles. The van der Waals surface area contributed by atoms with E-state index in [1.54, 1.807) is 0 Å². The predicted octanol–water partition coefficient (Wildman–Crippen LogP) is 2.52. The smallest absolute Gasteiger partial charge is 0.346 e. The zero-order chi connectivity index (χ0) is 17.1. The third-order valence-corrected chi connectivity index (χ3v) is 3.52. The molecule has 0 aliphatic heterocycles. The Balaban J connectivity index is 2.32. The quantitative estimate of drug-likeness (QED) is 0.660. The molecule has 0 bridgehead atoms. The molecule has 124 valence electrons. The molecule has 0 fully saturated rings. The number of methoxy groups -OCH3 is 2. The second-order valence-corrected chi connectivity index (χ2v) is 4.98. The van der Waals surface area contributed by atoms with Crippen molar-refractivity contribution >= 4 is 22.5 Å². The number of halogens is 3. The standard InChI is InChI=1S/C13H11F3N2O4S/c1-20-7-3-6(14)9(15)5(10(7)16)4-22-12-8(13(19)21-2)11(17)23-18-12/h3H,4,17H2,1-2H3. The second kappa shape index (κ2) is 6.73. The van der Waals surface area contributed by atoms with E-state index in [4.69, 9.17) is 10.5 Å². The molecule has 2 rings (SSSR count). The Morgan fingerprint density at radius 2 is 2.00 bits per heavy atom. The highest BCUT2D eigenvalue weighted by atomic mass is 32.1. The largest absolute Gasteiger partial charge is 0.494 e. The maximum Gasteiger partial charge on any atom is 0.346 e. The first-order valence-corrected chi connectivity index (χ1v) is 6.84. The number of carbonyl (C=O) groups is 1. The van der Waals surface area contributed by atoms with Crippen LogP contribution in [-0.4, -0.2) is 24.6 Å². The highest BCUT2D eigenvalue weighted by Crippen LogP contribution is 2.31. The van der Waals surface area contributed by atoms with Crippen LogP contribution in [-0.2, 0) is 11.3 Å². The fourth-order valence-electron chi connectivity index (χ4n) is 1.72. The van der Waals surface area contributed by atoms with E-state index in [-0.39, 0.29) is 16.4 Å². The van der Waals surface area contributed by atoms with Crippen molar-refractivity contribution in [2.24, 2.45) is 0 Å². The van der Waals surface area contributed by atoms with E-state index in [1.807, 2.05) is 0 Å². The van der Waals surface area contributed by atoms with Crippen molar-refractivity contribution in [3.63, 3.8) is 0 Å². The van der Waals surface area contributed by atoms with Gasteiger partial charge >= 0.3 is 5.97 Å². The van der Waals surface area contributed by atoms with Gasteiger partial charge in [0.05, 0.1) is 19.8 Å². The number of nitrogens with zero attached hydrogens (tertiary/aromatic N) is 1. The fraction of sp³-hybridized carbons (Fsp3) is 0.231. The van der Waals surface area contributed by atoms with Crippen molar-refractivity contribution in [3.8, 4) is 11.6 Å². The van der Waals surface area contributed by atoms with Crippen LogP contribution >= 0.6 is 11.5 Å². The molecular formula is C13H11F3N2O4S. The van der Waals surface area contributed by atoms with Gasteiger partial charge in [-0.2, -0.15) is 4.37 Å². The van der Waals surface area contributed by atoms with Crippen LogP contribution in [0.3, 0.4) is 0 Å². The number of rotatable bonds is 5. The molecule has 0 radical (unpaired) electrons. The molecule has 0 saturated heterocycles. The highest BCUT2D eigenvalue weighted by molar-refractivity contribution is 7.10. The van der Waals surface area contributed by atoms with Crippen LogP contribution in [0, 0.1) is 17.5 Å². The van der Waals surface area contributed by atoms with E-state index in [9.17, 15) is 18.0 Å². The van der Waals surface area contributed by atoms with Gasteiger partial charge in [-0.25, -0.2) is 18.0 Å². The van der Waals surface area contributed by atoms with Crippen molar-refractivity contribution in [2.45, 2.75) is 6.61 Å². The maximum atomic E-state index is 14.0. The first kappa shape index (κ1) is 16.9. The summed E-state index contributed by atoms with van der Waals surface area (Å²) in [5.41, 5.74) is 4.69. The minimum absolute atomic E-state index is 0.0182. The van der Waals surface area contributed by atoms with Crippen LogP contribution in [0.25, 0.3) is 0 Å². The summed E-state index contributed by atoms with van der Waals surface area (Å²) in [5.74, 6) is -5.40. The zero-order valence-corrected chi connectivity index (χ0v) is 12.8. The zero-order valence-electron chi connectivity index (χ0n) is 12.0. The summed E-state index contributed by atoms with van der Waals surface area (Å²) in [6.45, 7) is -0.723. The van der Waals surface area contributed by atoms with Crippen LogP contribution < -0.4 is 15.2 Å². The van der Waals surface area contributed by atoms with Crippen LogP contribution in [0.1, 0.15) is 15.9 Å². The van der Waals surface area contributed by atoms with Crippen LogP contribution in [0.2, 0.25) is 0 Å². The minimum Gasteiger partial charge on any atom is -0.494 e. The van der Waals surface area contributed by atoms with Crippen LogP contribution in [0.4, 0.5) is 18.2 Å². The van der Waals surface area contributed by atoms with Gasteiger partial charge in [-0.3, -0.25) is 0 Å². The average molecular weight is 348 g/mol. The first-order chi connectivity index (χ1) is 10.9. The van der Waals surface area contributed by atoms with Gasteiger partial charge in [-0.15, -0.1) is 0 Å². The molecule has 2 N–H and O–H groups in total. The molecule has 1 aromatic heterocycles. The number of hydrogen-bond donors (Lipinski definition) is 1. The van der Waals surface area contributed by atoms with Crippen molar-refractivity contribution in [2.75, 3.05) is 20.0 Å². The number of esters is 1. The molecule has 0 aliphatic rings. The lowest BCUT2D eigenvalue weighted by atomic mass is 10.2. The van der Waals surface area contributed by atoms with Gasteiger partial charge in [0.1, 0.15) is 11.6 Å². The molecule has 10 heteroatoms. The molecule has 0 unspecified atom stereocenters. The van der Waals surface area contributed by atoms with Gasteiger partial charge in [0, 0.05) is 6.07 Å². The maximum absolute atomic E-state index is 14.0. The Labute approximate surface area is 132 Å². The minimum atomic E-state index is -1.42. The van der Waals surface area contributed by atoms with Crippen molar-refractivity contribution in [1.82, 2.24) is 4.37 Å². The molecule has 0 aliphatic carbocycles. The van der Waals surface area contributed by atoms with Crippen molar-refractivity contribution in [3.05, 3.63) is 34.6 Å². The van der Waals surface area contributed by atoms with Gasteiger partial charge in [-0.05, 0) is 11.5 Å². The van der Waals surface area contributed by atoms with E-state index in [0.29, 0.717) is 6.07 Å². The van der Waals surface area contributed by atoms with E-state index in [2.05, 4.69) is 13.8 Å². The molecule has 0 spiro atoms. The SMILES string of the molecule is COC(=O)c1c(OCc2c(F)c(F)cc(OC)c2F)nsc1N. The fourth-order valence-corrected chi connectivity index (χ4v) is 2.31. The number of anilines is 1. The molecular weight excluding hydrogens is 337 g/mol. The highest BCUT2D eigenvalue weighted by Gasteiger charge is 2.24. The van der Waals surface area contributed by atoms with E-state index in [0.717, 1.165) is 25.8 Å². The summed E-state index contributed by atoms with van der Waals surface area (Å²) >= 11 is 0.745. The van der Waals surface area contributed by atoms with Crippen molar-refractivity contribution in [1.29, 1.82) is 0 Å².